The van der Waals surface area contributed by atoms with Crippen molar-refractivity contribution in [2.45, 2.75) is 45.6 Å². The summed E-state index contributed by atoms with van der Waals surface area (Å²) >= 11 is 12.5. The van der Waals surface area contributed by atoms with Crippen molar-refractivity contribution in [3.63, 3.8) is 0 Å². The van der Waals surface area contributed by atoms with E-state index in [1.807, 2.05) is 18.2 Å². The fourth-order valence-electron chi connectivity index (χ4n) is 2.36. The molecule has 0 bridgehead atoms. The molecule has 0 amide bonds. The van der Waals surface area contributed by atoms with Gasteiger partial charge in [0, 0.05) is 16.1 Å². The molecule has 1 fully saturated rings. The van der Waals surface area contributed by atoms with Gasteiger partial charge in [0.1, 0.15) is 0 Å². The van der Waals surface area contributed by atoms with Crippen molar-refractivity contribution in [2.75, 3.05) is 6.54 Å². The van der Waals surface area contributed by atoms with Gasteiger partial charge in [-0.1, -0.05) is 43.1 Å². The van der Waals surface area contributed by atoms with Crippen molar-refractivity contribution in [1.82, 2.24) is 5.32 Å². The summed E-state index contributed by atoms with van der Waals surface area (Å²) in [5.74, 6) is 0. The third kappa shape index (κ3) is 3.20. The second-order valence-corrected chi connectivity index (χ2v) is 6.38. The quantitative estimate of drug-likeness (QED) is 0.799. The molecule has 0 aromatic heterocycles. The zero-order valence-electron chi connectivity index (χ0n) is 11.1. The average molecular weight is 286 g/mol. The number of halogens is 2. The highest BCUT2D eigenvalue weighted by atomic mass is 35.5. The molecule has 2 rings (SSSR count). The summed E-state index contributed by atoms with van der Waals surface area (Å²) in [4.78, 5) is 0. The molecular formula is C15H21Cl2N. The van der Waals surface area contributed by atoms with E-state index in [1.54, 1.807) is 0 Å². The maximum Gasteiger partial charge on any atom is 0.0453 e. The van der Waals surface area contributed by atoms with Gasteiger partial charge in [0.05, 0.1) is 0 Å². The molecule has 18 heavy (non-hydrogen) atoms. The minimum atomic E-state index is 0.428. The topological polar surface area (TPSA) is 12.0 Å². The predicted octanol–water partition coefficient (Wildman–Crippen LogP) is 4.70. The zero-order valence-corrected chi connectivity index (χ0v) is 12.6. The molecule has 0 heterocycles. The van der Waals surface area contributed by atoms with Gasteiger partial charge in [0.15, 0.2) is 0 Å². The van der Waals surface area contributed by atoms with Crippen molar-refractivity contribution < 1.29 is 0 Å². The van der Waals surface area contributed by atoms with Crippen molar-refractivity contribution in [3.05, 3.63) is 33.8 Å². The summed E-state index contributed by atoms with van der Waals surface area (Å²) in [6, 6.07) is 6.24. The normalized spacial score (nSPS) is 18.7. The van der Waals surface area contributed by atoms with E-state index in [9.17, 15) is 0 Å². The Bertz CT molecular complexity index is 393. The zero-order chi connectivity index (χ0) is 13.2. The lowest BCUT2D eigenvalue weighted by Gasteiger charge is -2.26. The van der Waals surface area contributed by atoms with Crippen molar-refractivity contribution >= 4 is 23.2 Å². The Balaban J connectivity index is 2.13. The van der Waals surface area contributed by atoms with Crippen LogP contribution in [0.1, 0.15) is 38.7 Å². The molecule has 1 atom stereocenters. The van der Waals surface area contributed by atoms with E-state index in [0.717, 1.165) is 35.0 Å². The molecule has 1 unspecified atom stereocenters. The van der Waals surface area contributed by atoms with Crippen LogP contribution >= 0.6 is 23.2 Å². The number of benzene rings is 1. The molecule has 1 aliphatic carbocycles. The molecule has 1 nitrogen and oxygen atoms in total. The van der Waals surface area contributed by atoms with Crippen LogP contribution < -0.4 is 5.32 Å². The number of hydrogen-bond donors (Lipinski definition) is 1. The lowest BCUT2D eigenvalue weighted by molar-refractivity contribution is 0.354. The Labute approximate surface area is 120 Å². The van der Waals surface area contributed by atoms with Crippen LogP contribution in [0.4, 0.5) is 0 Å². The van der Waals surface area contributed by atoms with Crippen LogP contribution in [0.25, 0.3) is 0 Å². The Morgan fingerprint density at radius 1 is 1.28 bits per heavy atom. The van der Waals surface area contributed by atoms with Gasteiger partial charge in [-0.25, -0.2) is 0 Å². The van der Waals surface area contributed by atoms with E-state index >= 15 is 0 Å². The fraction of sp³-hybridized carbons (Fsp3) is 0.600. The van der Waals surface area contributed by atoms with Gasteiger partial charge >= 0.3 is 0 Å². The van der Waals surface area contributed by atoms with Crippen molar-refractivity contribution in [1.29, 1.82) is 0 Å². The largest absolute Gasteiger partial charge is 0.313 e. The van der Waals surface area contributed by atoms with Crippen LogP contribution in [0, 0.1) is 5.41 Å². The molecular weight excluding hydrogens is 265 g/mol. The van der Waals surface area contributed by atoms with E-state index in [0.29, 0.717) is 11.5 Å². The molecule has 0 saturated heterocycles. The Kier molecular flexibility index (Phi) is 4.58. The molecule has 100 valence electrons. The van der Waals surface area contributed by atoms with Gasteiger partial charge in [0.2, 0.25) is 0 Å². The average Bonchev–Trinajstić information content (AvgIpc) is 3.07. The van der Waals surface area contributed by atoms with Crippen molar-refractivity contribution in [3.8, 4) is 0 Å². The van der Waals surface area contributed by atoms with E-state index in [-0.39, 0.29) is 0 Å². The number of rotatable bonds is 6. The molecule has 1 saturated carbocycles. The Morgan fingerprint density at radius 2 is 1.89 bits per heavy atom. The first kappa shape index (κ1) is 14.2. The summed E-state index contributed by atoms with van der Waals surface area (Å²) in [6.07, 6.45) is 4.69. The van der Waals surface area contributed by atoms with Crippen LogP contribution in [0.2, 0.25) is 10.0 Å². The van der Waals surface area contributed by atoms with E-state index in [2.05, 4.69) is 19.2 Å². The van der Waals surface area contributed by atoms with Gasteiger partial charge < -0.3 is 5.32 Å². The monoisotopic (exact) mass is 285 g/mol. The third-order valence-corrected chi connectivity index (χ3v) is 4.70. The lowest BCUT2D eigenvalue weighted by Crippen LogP contribution is -2.38. The molecule has 3 heteroatoms. The molecule has 1 aromatic carbocycles. The Hall–Kier alpha value is -0.240. The van der Waals surface area contributed by atoms with E-state index < -0.39 is 0 Å². The number of nitrogens with one attached hydrogen (secondary N) is 1. The molecule has 1 N–H and O–H groups in total. The minimum Gasteiger partial charge on any atom is -0.313 e. The first-order valence-electron chi connectivity index (χ1n) is 6.73. The molecule has 0 spiro atoms. The highest BCUT2D eigenvalue weighted by Gasteiger charge is 2.44. The van der Waals surface area contributed by atoms with Gasteiger partial charge in [-0.15, -0.1) is 0 Å². The number of hydrogen-bond acceptors (Lipinski definition) is 1. The fourth-order valence-corrected chi connectivity index (χ4v) is 2.91. The second kappa shape index (κ2) is 5.81. The molecule has 1 aromatic rings. The summed E-state index contributed by atoms with van der Waals surface area (Å²) < 4.78 is 0. The predicted molar refractivity (Wildman–Crippen MR) is 79.6 cm³/mol. The van der Waals surface area contributed by atoms with Gasteiger partial charge in [-0.3, -0.25) is 0 Å². The third-order valence-electron chi connectivity index (χ3n) is 3.99. The Morgan fingerprint density at radius 3 is 2.39 bits per heavy atom. The maximum absolute atomic E-state index is 6.27. The van der Waals surface area contributed by atoms with Crippen LogP contribution in [-0.4, -0.2) is 12.6 Å². The summed E-state index contributed by atoms with van der Waals surface area (Å²) in [5.41, 5.74) is 1.51. The smallest absolute Gasteiger partial charge is 0.0453 e. The first-order valence-corrected chi connectivity index (χ1v) is 7.48. The highest BCUT2D eigenvalue weighted by Crippen LogP contribution is 2.49. The van der Waals surface area contributed by atoms with E-state index in [4.69, 9.17) is 23.2 Å². The summed E-state index contributed by atoms with van der Waals surface area (Å²) in [7, 11) is 0. The van der Waals surface area contributed by atoms with Crippen LogP contribution in [0.5, 0.6) is 0 Å². The van der Waals surface area contributed by atoms with Gasteiger partial charge in [-0.2, -0.15) is 0 Å². The first-order chi connectivity index (χ1) is 8.57. The summed E-state index contributed by atoms with van der Waals surface area (Å²) in [6.45, 7) is 5.61. The minimum absolute atomic E-state index is 0.428. The standard InChI is InChI=1S/C15H21Cl2N/c1-3-9-18-14(15(2)7-8-15)10-11-12(16)5-4-6-13(11)17/h4-6,14,18H,3,7-10H2,1-2H3. The molecule has 1 aliphatic rings. The van der Waals surface area contributed by atoms with E-state index in [1.165, 1.54) is 12.8 Å². The van der Waals surface area contributed by atoms with Gasteiger partial charge in [-0.05, 0) is 55.3 Å². The maximum atomic E-state index is 6.27. The van der Waals surface area contributed by atoms with Crippen LogP contribution in [0.3, 0.4) is 0 Å². The highest BCUT2D eigenvalue weighted by molar-refractivity contribution is 6.36. The second-order valence-electron chi connectivity index (χ2n) is 5.57. The van der Waals surface area contributed by atoms with Gasteiger partial charge in [0.25, 0.3) is 0 Å². The lowest BCUT2D eigenvalue weighted by atomic mass is 9.92. The summed E-state index contributed by atoms with van der Waals surface area (Å²) in [5, 5.41) is 5.23. The van der Waals surface area contributed by atoms with Crippen LogP contribution in [0.15, 0.2) is 18.2 Å². The molecule has 0 radical (unpaired) electrons. The van der Waals surface area contributed by atoms with Crippen molar-refractivity contribution in [2.24, 2.45) is 5.41 Å². The molecule has 0 aliphatic heterocycles. The van der Waals surface area contributed by atoms with Crippen LogP contribution in [-0.2, 0) is 6.42 Å². The SMILES string of the molecule is CCCNC(Cc1c(Cl)cccc1Cl)C1(C)CC1.